The first-order valence-corrected chi connectivity index (χ1v) is 26.5. The van der Waals surface area contributed by atoms with Crippen LogP contribution < -0.4 is 4.90 Å². The van der Waals surface area contributed by atoms with Gasteiger partial charge < -0.3 is 9.47 Å². The smallest absolute Gasteiger partial charge is 0.0735 e. The van der Waals surface area contributed by atoms with E-state index >= 15 is 0 Å². The largest absolute Gasteiger partial charge is 0.310 e. The Bertz CT molecular complexity index is 3970. The molecule has 0 amide bonds. The first-order chi connectivity index (χ1) is 35.7. The summed E-state index contributed by atoms with van der Waals surface area (Å²) in [4.78, 5) is 7.76. The molecule has 2 spiro atoms. The third-order valence-electron chi connectivity index (χ3n) is 16.1. The van der Waals surface area contributed by atoms with Gasteiger partial charge in [-0.15, -0.1) is 0 Å². The summed E-state index contributed by atoms with van der Waals surface area (Å²) < 4.78 is 2.43. The van der Waals surface area contributed by atoms with Gasteiger partial charge in [0.05, 0.1) is 21.9 Å². The summed E-state index contributed by atoms with van der Waals surface area (Å²) in [6.07, 6.45) is 0. The standard InChI is InChI=1S/C68H42N2S2/c1-2-18-43(19-3-1)70-61-29-13-6-22-49(61)50-37-34-46(42-62(50)70)69(44-35-38-55-51(40-44)47-20-4-7-23-53(47)67(55)57-25-9-14-30-63(57)71-64-31-15-10-26-58(64)67)45-36-39-56-52(41-45)48-21-5-8-24-54(48)68(56)59-27-11-16-32-65(59)72-66-33-17-12-28-60(66)68/h1-42H. The molecule has 0 bridgehead atoms. The fourth-order valence-corrected chi connectivity index (χ4v) is 15.8. The van der Waals surface area contributed by atoms with Crippen molar-refractivity contribution in [3.05, 3.63) is 299 Å². The number of para-hydroxylation sites is 2. The van der Waals surface area contributed by atoms with Crippen LogP contribution in [0, 0.1) is 0 Å². The maximum Gasteiger partial charge on any atom is 0.0735 e. The highest BCUT2D eigenvalue weighted by atomic mass is 32.2. The fourth-order valence-electron chi connectivity index (χ4n) is 13.4. The first kappa shape index (κ1) is 40.4. The van der Waals surface area contributed by atoms with E-state index in [0.717, 1.165) is 22.7 Å². The average molecular weight is 951 g/mol. The molecule has 0 atom stereocenters. The van der Waals surface area contributed by atoms with Crippen molar-refractivity contribution < 1.29 is 0 Å². The van der Waals surface area contributed by atoms with Gasteiger partial charge in [0.1, 0.15) is 0 Å². The van der Waals surface area contributed by atoms with Gasteiger partial charge in [0.25, 0.3) is 0 Å². The van der Waals surface area contributed by atoms with E-state index in [1.165, 1.54) is 108 Å². The molecule has 2 aliphatic heterocycles. The lowest BCUT2D eigenvalue weighted by atomic mass is 9.67. The van der Waals surface area contributed by atoms with Crippen molar-refractivity contribution >= 4 is 62.4 Å². The number of aromatic nitrogens is 1. The summed E-state index contributed by atoms with van der Waals surface area (Å²) in [6, 6.07) is 96.0. The Morgan fingerprint density at radius 2 is 0.653 bits per heavy atom. The van der Waals surface area contributed by atoms with Crippen LogP contribution in [0.5, 0.6) is 0 Å². The van der Waals surface area contributed by atoms with E-state index in [-0.39, 0.29) is 0 Å². The molecule has 2 aliphatic carbocycles. The minimum atomic E-state index is -0.459. The number of benzene rings is 11. The van der Waals surface area contributed by atoms with Crippen molar-refractivity contribution in [2.75, 3.05) is 4.90 Å². The molecule has 0 N–H and O–H groups in total. The third-order valence-corrected chi connectivity index (χ3v) is 18.4. The van der Waals surface area contributed by atoms with Gasteiger partial charge in [-0.1, -0.05) is 199 Å². The Morgan fingerprint density at radius 3 is 1.17 bits per heavy atom. The van der Waals surface area contributed by atoms with E-state index in [4.69, 9.17) is 0 Å². The summed E-state index contributed by atoms with van der Waals surface area (Å²) in [7, 11) is 0. The van der Waals surface area contributed by atoms with Crippen molar-refractivity contribution in [3.8, 4) is 27.9 Å². The number of fused-ring (bicyclic) bond motifs is 21. The highest BCUT2D eigenvalue weighted by Gasteiger charge is 2.52. The lowest BCUT2D eigenvalue weighted by molar-refractivity contribution is 0.722. The van der Waals surface area contributed by atoms with Crippen molar-refractivity contribution in [1.82, 2.24) is 4.57 Å². The summed E-state index contributed by atoms with van der Waals surface area (Å²) in [5, 5.41) is 2.47. The predicted octanol–water partition coefficient (Wildman–Crippen LogP) is 17.9. The number of hydrogen-bond donors (Lipinski definition) is 0. The summed E-state index contributed by atoms with van der Waals surface area (Å²) in [6.45, 7) is 0. The molecule has 0 unspecified atom stereocenters. The number of hydrogen-bond acceptors (Lipinski definition) is 3. The zero-order valence-corrected chi connectivity index (χ0v) is 40.6. The van der Waals surface area contributed by atoms with E-state index in [9.17, 15) is 0 Å². The molecular weight excluding hydrogens is 909 g/mol. The van der Waals surface area contributed by atoms with Crippen molar-refractivity contribution in [3.63, 3.8) is 0 Å². The van der Waals surface area contributed by atoms with Crippen LogP contribution in [0.15, 0.2) is 274 Å². The predicted molar refractivity (Wildman–Crippen MR) is 298 cm³/mol. The second-order valence-electron chi connectivity index (χ2n) is 19.5. The highest BCUT2D eigenvalue weighted by molar-refractivity contribution is 7.99. The van der Waals surface area contributed by atoms with E-state index in [2.05, 4.69) is 264 Å². The van der Waals surface area contributed by atoms with Gasteiger partial charge in [0.15, 0.2) is 0 Å². The molecule has 0 radical (unpaired) electrons. The Balaban J connectivity index is 0.971. The minimum Gasteiger partial charge on any atom is -0.310 e. The molecule has 1 aromatic heterocycles. The molecule has 4 aliphatic rings. The molecule has 4 heteroatoms. The molecule has 16 rings (SSSR count). The molecule has 0 fully saturated rings. The second kappa shape index (κ2) is 15.1. The zero-order valence-electron chi connectivity index (χ0n) is 39.0. The van der Waals surface area contributed by atoms with Gasteiger partial charge in [-0.25, -0.2) is 0 Å². The quantitative estimate of drug-likeness (QED) is 0.174. The monoisotopic (exact) mass is 950 g/mol. The van der Waals surface area contributed by atoms with Crippen LogP contribution in [0.25, 0.3) is 49.7 Å². The molecule has 0 saturated carbocycles. The molecular formula is C68H42N2S2. The summed E-state index contributed by atoms with van der Waals surface area (Å²) >= 11 is 3.78. The second-order valence-corrected chi connectivity index (χ2v) is 21.6. The Kier molecular flexibility index (Phi) is 8.49. The van der Waals surface area contributed by atoms with E-state index in [0.29, 0.717) is 0 Å². The zero-order chi connectivity index (χ0) is 47.1. The lowest BCUT2D eigenvalue weighted by Crippen LogP contribution is -2.32. The average Bonchev–Trinajstić information content (AvgIpc) is 4.03. The van der Waals surface area contributed by atoms with E-state index in [1.807, 2.05) is 23.5 Å². The van der Waals surface area contributed by atoms with Crippen LogP contribution in [0.3, 0.4) is 0 Å². The lowest BCUT2D eigenvalue weighted by Gasteiger charge is -2.40. The van der Waals surface area contributed by atoms with E-state index in [1.54, 1.807) is 0 Å². The maximum atomic E-state index is 2.52. The van der Waals surface area contributed by atoms with Gasteiger partial charge in [-0.3, -0.25) is 0 Å². The molecule has 3 heterocycles. The molecule has 11 aromatic carbocycles. The van der Waals surface area contributed by atoms with E-state index < -0.39 is 10.8 Å². The van der Waals surface area contributed by atoms with Gasteiger partial charge >= 0.3 is 0 Å². The number of nitrogens with zero attached hydrogens (tertiary/aromatic N) is 2. The normalized spacial score (nSPS) is 14.5. The molecule has 12 aromatic rings. The molecule has 336 valence electrons. The van der Waals surface area contributed by atoms with Crippen LogP contribution >= 0.6 is 23.5 Å². The maximum absolute atomic E-state index is 2.52. The fraction of sp³-hybridized carbons (Fsp3) is 0.0294. The van der Waals surface area contributed by atoms with Gasteiger partial charge in [0.2, 0.25) is 0 Å². The van der Waals surface area contributed by atoms with Crippen LogP contribution in [0.1, 0.15) is 44.5 Å². The van der Waals surface area contributed by atoms with Crippen molar-refractivity contribution in [2.45, 2.75) is 30.4 Å². The summed E-state index contributed by atoms with van der Waals surface area (Å²) in [5.74, 6) is 0. The SMILES string of the molecule is c1ccc(-n2c3ccccc3c3ccc(N(c4ccc5c(c4)-c4ccccc4C54c5ccccc5Sc5ccccc54)c4ccc5c(c4)-c4ccccc4C54c5ccccc5Sc5ccccc54)cc32)cc1. The number of rotatable bonds is 4. The van der Waals surface area contributed by atoms with Crippen LogP contribution in [0.2, 0.25) is 0 Å². The minimum absolute atomic E-state index is 0.459. The molecule has 0 saturated heterocycles. The van der Waals surface area contributed by atoms with Crippen molar-refractivity contribution in [2.24, 2.45) is 0 Å². The summed E-state index contributed by atoms with van der Waals surface area (Å²) in [5.41, 5.74) is 21.7. The third kappa shape index (κ3) is 5.27. The molecule has 2 nitrogen and oxygen atoms in total. The van der Waals surface area contributed by atoms with Gasteiger partial charge in [0, 0.05) is 53.1 Å². The topological polar surface area (TPSA) is 8.17 Å². The Morgan fingerprint density at radius 1 is 0.278 bits per heavy atom. The van der Waals surface area contributed by atoms with Gasteiger partial charge in [-0.2, -0.15) is 0 Å². The van der Waals surface area contributed by atoms with Crippen LogP contribution in [0.4, 0.5) is 17.1 Å². The van der Waals surface area contributed by atoms with Crippen LogP contribution in [-0.2, 0) is 10.8 Å². The van der Waals surface area contributed by atoms with Gasteiger partial charge in [-0.05, 0) is 146 Å². The highest BCUT2D eigenvalue weighted by Crippen LogP contribution is 2.65. The Labute approximate surface area is 426 Å². The Hall–Kier alpha value is -8.28. The van der Waals surface area contributed by atoms with Crippen LogP contribution in [-0.4, -0.2) is 4.57 Å². The number of anilines is 3. The molecule has 72 heavy (non-hydrogen) atoms. The van der Waals surface area contributed by atoms with Crippen molar-refractivity contribution in [1.29, 1.82) is 0 Å². The first-order valence-electron chi connectivity index (χ1n) is 24.8.